The maximum Gasteiger partial charge on any atom is 0.263 e. The molecule has 1 N–H and O–H groups in total. The highest BCUT2D eigenvalue weighted by Gasteiger charge is 2.44. The number of rotatable bonds is 6. The Balaban J connectivity index is 0.00000261. The van der Waals surface area contributed by atoms with Gasteiger partial charge in [-0.1, -0.05) is 0 Å². The van der Waals surface area contributed by atoms with Gasteiger partial charge in [0.2, 0.25) is 0 Å². The molecule has 6 nitrogen and oxygen atoms in total. The van der Waals surface area contributed by atoms with Crippen molar-refractivity contribution >= 4 is 11.7 Å². The fraction of sp³-hybridized carbons (Fsp3) is 0.600. The number of fused-ring (bicyclic) bond motifs is 3. The Morgan fingerprint density at radius 3 is 2.77 bits per heavy atom. The molecule has 2 atom stereocenters. The summed E-state index contributed by atoms with van der Waals surface area (Å²) in [6.07, 6.45) is 3.14. The largest absolute Gasteiger partial charge is 0.489 e. The third-order valence-corrected chi connectivity index (χ3v) is 4.70. The van der Waals surface area contributed by atoms with Crippen LogP contribution in [0.2, 0.25) is 0 Å². The average molecular weight is 362 g/mol. The molecule has 0 aromatic carbocycles. The lowest BCUT2D eigenvalue weighted by molar-refractivity contribution is 0.0917. The third-order valence-electron chi connectivity index (χ3n) is 4.70. The van der Waals surface area contributed by atoms with Gasteiger partial charge in [-0.15, -0.1) is 0 Å². The van der Waals surface area contributed by atoms with Crippen molar-refractivity contribution in [1.29, 1.82) is 0 Å². The van der Waals surface area contributed by atoms with Crippen LogP contribution >= 0.6 is 0 Å². The summed E-state index contributed by atoms with van der Waals surface area (Å²) in [7, 11) is 1.71. The van der Waals surface area contributed by atoms with Crippen molar-refractivity contribution in [2.45, 2.75) is 45.6 Å². The first-order chi connectivity index (χ1) is 12.2. The van der Waals surface area contributed by atoms with Gasteiger partial charge in [-0.2, -0.15) is 0 Å². The van der Waals surface area contributed by atoms with Gasteiger partial charge in [0, 0.05) is 20.6 Å². The number of nitrogens with one attached hydrogen (secondary N) is 1. The number of ether oxygens (including phenoxy) is 2. The number of hydrogen-bond donors (Lipinski definition) is 1. The fourth-order valence-corrected chi connectivity index (χ4v) is 3.42. The van der Waals surface area contributed by atoms with Gasteiger partial charge in [-0.3, -0.25) is 9.59 Å². The van der Waals surface area contributed by atoms with Crippen LogP contribution in [0.15, 0.2) is 16.9 Å². The topological polar surface area (TPSA) is 69.6 Å². The van der Waals surface area contributed by atoms with Crippen molar-refractivity contribution in [3.63, 3.8) is 0 Å². The molecule has 1 aromatic rings. The molecular formula is C20H30N2O4. The van der Waals surface area contributed by atoms with Gasteiger partial charge in [0.15, 0.2) is 0 Å². The number of amides is 1. The summed E-state index contributed by atoms with van der Waals surface area (Å²) in [6.45, 7) is 9.24. The number of allylic oxidation sites excluding steroid dienone is 1. The summed E-state index contributed by atoms with van der Waals surface area (Å²) in [5.74, 6) is 1.20. The first kappa shape index (κ1) is 18.7. The standard InChI is InChI=1S/C20H28N2O4.H2/c1-6-25-7-8-26-16-10-12-9-13(12)14-11-15(18(23)21-20(2,3)4)19(24)22(5)17(14)16;/h10-13H,6-9H2,1-5H3,(H,21,23);1H. The predicted octanol–water partition coefficient (Wildman–Crippen LogP) is 2.67. The molecule has 2 aliphatic carbocycles. The lowest BCUT2D eigenvalue weighted by Gasteiger charge is -2.24. The van der Waals surface area contributed by atoms with Gasteiger partial charge in [0.05, 0.1) is 12.3 Å². The molecule has 2 unspecified atom stereocenters. The maximum absolute atomic E-state index is 12.8. The van der Waals surface area contributed by atoms with E-state index in [1.165, 1.54) is 0 Å². The van der Waals surface area contributed by atoms with Crippen molar-refractivity contribution in [2.24, 2.45) is 13.0 Å². The minimum atomic E-state index is -0.395. The number of carbonyl (C=O) groups excluding carboxylic acids is 1. The molecule has 0 spiro atoms. The summed E-state index contributed by atoms with van der Waals surface area (Å²) in [5.41, 5.74) is 1.32. The van der Waals surface area contributed by atoms with Crippen molar-refractivity contribution in [3.05, 3.63) is 39.3 Å². The van der Waals surface area contributed by atoms with E-state index >= 15 is 0 Å². The second-order valence-corrected chi connectivity index (χ2v) is 8.01. The molecule has 144 valence electrons. The lowest BCUT2D eigenvalue weighted by atomic mass is 9.97. The number of hydrogen-bond acceptors (Lipinski definition) is 4. The highest BCUT2D eigenvalue weighted by Crippen LogP contribution is 2.54. The van der Waals surface area contributed by atoms with E-state index in [-0.39, 0.29) is 18.5 Å². The zero-order chi connectivity index (χ0) is 19.1. The van der Waals surface area contributed by atoms with E-state index in [1.807, 2.05) is 27.7 Å². The normalized spacial score (nSPS) is 20.7. The Hall–Kier alpha value is -2.08. The molecule has 26 heavy (non-hydrogen) atoms. The molecule has 1 fully saturated rings. The van der Waals surface area contributed by atoms with Gasteiger partial charge in [-0.25, -0.2) is 0 Å². The first-order valence-electron chi connectivity index (χ1n) is 9.22. The highest BCUT2D eigenvalue weighted by molar-refractivity contribution is 5.95. The fourth-order valence-electron chi connectivity index (χ4n) is 3.42. The molecule has 0 saturated heterocycles. The molecule has 1 amide bonds. The quantitative estimate of drug-likeness (QED) is 0.790. The van der Waals surface area contributed by atoms with Crippen LogP contribution in [-0.2, 0) is 16.5 Å². The monoisotopic (exact) mass is 362 g/mol. The average Bonchev–Trinajstić information content (AvgIpc) is 3.32. The van der Waals surface area contributed by atoms with E-state index in [0.29, 0.717) is 31.7 Å². The summed E-state index contributed by atoms with van der Waals surface area (Å²) >= 11 is 0. The Morgan fingerprint density at radius 1 is 1.38 bits per heavy atom. The smallest absolute Gasteiger partial charge is 0.263 e. The SMILES string of the molecule is CCOCCOC1=CC2CC2c2cc(C(=O)NC(C)(C)C)c(=O)n(C)c21.[HH]. The summed E-state index contributed by atoms with van der Waals surface area (Å²) in [4.78, 5) is 25.4. The van der Waals surface area contributed by atoms with Gasteiger partial charge in [0.1, 0.15) is 17.9 Å². The van der Waals surface area contributed by atoms with Gasteiger partial charge in [0.25, 0.3) is 11.5 Å². The van der Waals surface area contributed by atoms with Crippen molar-refractivity contribution < 1.29 is 15.7 Å². The molecule has 2 aliphatic rings. The van der Waals surface area contributed by atoms with Crippen LogP contribution in [0.5, 0.6) is 0 Å². The van der Waals surface area contributed by atoms with E-state index in [4.69, 9.17) is 9.47 Å². The maximum atomic E-state index is 12.8. The Morgan fingerprint density at radius 2 is 2.12 bits per heavy atom. The van der Waals surface area contributed by atoms with E-state index in [9.17, 15) is 9.59 Å². The Labute approximate surface area is 155 Å². The highest BCUT2D eigenvalue weighted by atomic mass is 16.5. The van der Waals surface area contributed by atoms with E-state index < -0.39 is 5.54 Å². The van der Waals surface area contributed by atoms with Crippen LogP contribution < -0.4 is 10.9 Å². The van der Waals surface area contributed by atoms with Crippen molar-refractivity contribution in [1.82, 2.24) is 9.88 Å². The second-order valence-electron chi connectivity index (χ2n) is 8.01. The van der Waals surface area contributed by atoms with Crippen LogP contribution in [0.25, 0.3) is 5.76 Å². The van der Waals surface area contributed by atoms with Crippen LogP contribution in [0.4, 0.5) is 0 Å². The van der Waals surface area contributed by atoms with Crippen LogP contribution in [-0.4, -0.2) is 35.8 Å². The molecule has 0 aliphatic heterocycles. The Bertz CT molecular complexity index is 807. The zero-order valence-corrected chi connectivity index (χ0v) is 16.2. The molecular weight excluding hydrogens is 332 g/mol. The van der Waals surface area contributed by atoms with Crippen molar-refractivity contribution in [3.8, 4) is 0 Å². The minimum absolute atomic E-state index is 0. The molecule has 1 heterocycles. The van der Waals surface area contributed by atoms with Gasteiger partial charge >= 0.3 is 0 Å². The summed E-state index contributed by atoms with van der Waals surface area (Å²) in [6, 6.07) is 1.77. The van der Waals surface area contributed by atoms with Crippen LogP contribution in [0.1, 0.15) is 63.1 Å². The van der Waals surface area contributed by atoms with Crippen molar-refractivity contribution in [2.75, 3.05) is 19.8 Å². The van der Waals surface area contributed by atoms with Crippen LogP contribution in [0.3, 0.4) is 0 Å². The molecule has 1 aromatic heterocycles. The van der Waals surface area contributed by atoms with E-state index in [2.05, 4.69) is 11.4 Å². The second kappa shape index (κ2) is 6.91. The predicted molar refractivity (Wildman–Crippen MR) is 102 cm³/mol. The number of aromatic nitrogens is 1. The third kappa shape index (κ3) is 3.70. The number of carbonyl (C=O) groups is 1. The Kier molecular flexibility index (Phi) is 4.97. The van der Waals surface area contributed by atoms with Crippen LogP contribution in [0, 0.1) is 5.92 Å². The number of pyridine rings is 1. The van der Waals surface area contributed by atoms with E-state index in [0.717, 1.165) is 23.4 Å². The molecule has 3 rings (SSSR count). The molecule has 0 bridgehead atoms. The first-order valence-corrected chi connectivity index (χ1v) is 9.22. The molecule has 0 radical (unpaired) electrons. The zero-order valence-electron chi connectivity index (χ0n) is 16.2. The summed E-state index contributed by atoms with van der Waals surface area (Å²) in [5, 5.41) is 2.88. The number of nitrogens with zero attached hydrogens (tertiary/aromatic N) is 1. The lowest BCUT2D eigenvalue weighted by Crippen LogP contribution is -2.43. The van der Waals surface area contributed by atoms with Gasteiger partial charge < -0.3 is 19.4 Å². The molecule has 1 saturated carbocycles. The minimum Gasteiger partial charge on any atom is -0.489 e. The van der Waals surface area contributed by atoms with E-state index in [1.54, 1.807) is 17.7 Å². The summed E-state index contributed by atoms with van der Waals surface area (Å²) < 4.78 is 12.8. The molecule has 6 heteroatoms. The van der Waals surface area contributed by atoms with Gasteiger partial charge in [-0.05, 0) is 63.7 Å².